The lowest BCUT2D eigenvalue weighted by Crippen LogP contribution is -2.01. The number of ether oxygens (including phenoxy) is 1. The lowest BCUT2D eigenvalue weighted by Gasteiger charge is -2.08. The van der Waals surface area contributed by atoms with Crippen LogP contribution in [0.3, 0.4) is 0 Å². The Morgan fingerprint density at radius 2 is 2.19 bits per heavy atom. The monoisotopic (exact) mass is 218 g/mol. The molecule has 2 N–H and O–H groups in total. The maximum atomic E-state index is 5.51. The van der Waals surface area contributed by atoms with Crippen molar-refractivity contribution in [1.82, 2.24) is 15.0 Å². The van der Waals surface area contributed by atoms with E-state index in [1.807, 2.05) is 31.2 Å². The molecule has 0 aliphatic heterocycles. The SMILES string of the molecule is CCOc1ccccc1-n1cc(CN)nn1. The molecule has 1 aromatic heterocycles. The summed E-state index contributed by atoms with van der Waals surface area (Å²) in [6.07, 6.45) is 1.80. The lowest BCUT2D eigenvalue weighted by atomic mass is 10.3. The first-order valence-corrected chi connectivity index (χ1v) is 5.18. The zero-order valence-corrected chi connectivity index (χ0v) is 9.13. The van der Waals surface area contributed by atoms with Crippen LogP contribution in [0.4, 0.5) is 0 Å². The van der Waals surface area contributed by atoms with Crippen LogP contribution in [-0.2, 0) is 6.54 Å². The van der Waals surface area contributed by atoms with Crippen molar-refractivity contribution in [3.05, 3.63) is 36.2 Å². The summed E-state index contributed by atoms with van der Waals surface area (Å²) in [6, 6.07) is 7.69. The van der Waals surface area contributed by atoms with Crippen molar-refractivity contribution in [3.63, 3.8) is 0 Å². The summed E-state index contributed by atoms with van der Waals surface area (Å²) in [5.41, 5.74) is 7.12. The van der Waals surface area contributed by atoms with Crippen molar-refractivity contribution in [2.45, 2.75) is 13.5 Å². The molecule has 0 saturated carbocycles. The molecule has 1 heterocycles. The Labute approximate surface area is 93.8 Å². The fourth-order valence-corrected chi connectivity index (χ4v) is 1.43. The van der Waals surface area contributed by atoms with Gasteiger partial charge in [0.1, 0.15) is 11.4 Å². The predicted molar refractivity (Wildman–Crippen MR) is 60.4 cm³/mol. The summed E-state index contributed by atoms with van der Waals surface area (Å²) >= 11 is 0. The minimum absolute atomic E-state index is 0.386. The summed E-state index contributed by atoms with van der Waals surface area (Å²) < 4.78 is 7.19. The molecule has 0 spiro atoms. The topological polar surface area (TPSA) is 66.0 Å². The number of nitrogens with two attached hydrogens (primary N) is 1. The van der Waals surface area contributed by atoms with Crippen molar-refractivity contribution in [1.29, 1.82) is 0 Å². The Balaban J connectivity index is 2.38. The van der Waals surface area contributed by atoms with Crippen LogP contribution in [0, 0.1) is 0 Å². The molecule has 0 amide bonds. The zero-order valence-electron chi connectivity index (χ0n) is 9.13. The molecule has 5 nitrogen and oxygen atoms in total. The number of hydrogen-bond acceptors (Lipinski definition) is 4. The van der Waals surface area contributed by atoms with Crippen LogP contribution < -0.4 is 10.5 Å². The van der Waals surface area contributed by atoms with Crippen molar-refractivity contribution in [2.75, 3.05) is 6.61 Å². The zero-order chi connectivity index (χ0) is 11.4. The molecule has 0 unspecified atom stereocenters. The van der Waals surface area contributed by atoms with Gasteiger partial charge in [0.25, 0.3) is 0 Å². The highest BCUT2D eigenvalue weighted by Gasteiger charge is 2.06. The smallest absolute Gasteiger partial charge is 0.144 e. The first-order valence-electron chi connectivity index (χ1n) is 5.18. The molecule has 0 radical (unpaired) electrons. The third kappa shape index (κ3) is 2.04. The van der Waals surface area contributed by atoms with E-state index in [4.69, 9.17) is 10.5 Å². The van der Waals surface area contributed by atoms with E-state index in [2.05, 4.69) is 10.3 Å². The molecule has 5 heteroatoms. The molecular weight excluding hydrogens is 204 g/mol. The second kappa shape index (κ2) is 4.76. The molecule has 0 fully saturated rings. The summed E-state index contributed by atoms with van der Waals surface area (Å²) in [5.74, 6) is 0.790. The number of nitrogens with zero attached hydrogens (tertiary/aromatic N) is 3. The molecule has 2 aromatic rings. The standard InChI is InChI=1S/C11H14N4O/c1-2-16-11-6-4-3-5-10(11)15-8-9(7-12)13-14-15/h3-6,8H,2,7,12H2,1H3. The number of para-hydroxylation sites is 2. The fourth-order valence-electron chi connectivity index (χ4n) is 1.43. The maximum Gasteiger partial charge on any atom is 0.144 e. The van der Waals surface area contributed by atoms with E-state index in [-0.39, 0.29) is 0 Å². The minimum Gasteiger partial charge on any atom is -0.492 e. The van der Waals surface area contributed by atoms with E-state index in [9.17, 15) is 0 Å². The molecule has 16 heavy (non-hydrogen) atoms. The van der Waals surface area contributed by atoms with Crippen molar-refractivity contribution >= 4 is 0 Å². The summed E-state index contributed by atoms with van der Waals surface area (Å²) in [7, 11) is 0. The second-order valence-corrected chi connectivity index (χ2v) is 3.26. The van der Waals surface area contributed by atoms with Gasteiger partial charge in [-0.1, -0.05) is 17.3 Å². The van der Waals surface area contributed by atoms with Crippen LogP contribution in [-0.4, -0.2) is 21.6 Å². The number of aromatic nitrogens is 3. The Bertz CT molecular complexity index is 467. The van der Waals surface area contributed by atoms with E-state index in [1.165, 1.54) is 0 Å². The van der Waals surface area contributed by atoms with E-state index >= 15 is 0 Å². The van der Waals surface area contributed by atoms with E-state index in [0.717, 1.165) is 17.1 Å². The van der Waals surface area contributed by atoms with Crippen molar-refractivity contribution < 1.29 is 4.74 Å². The fraction of sp³-hybridized carbons (Fsp3) is 0.273. The van der Waals surface area contributed by atoms with Gasteiger partial charge in [-0.05, 0) is 19.1 Å². The highest BCUT2D eigenvalue weighted by atomic mass is 16.5. The molecule has 0 saturated heterocycles. The lowest BCUT2D eigenvalue weighted by molar-refractivity contribution is 0.338. The van der Waals surface area contributed by atoms with E-state index in [1.54, 1.807) is 10.9 Å². The third-order valence-corrected chi connectivity index (χ3v) is 2.16. The van der Waals surface area contributed by atoms with Gasteiger partial charge >= 0.3 is 0 Å². The molecular formula is C11H14N4O. The molecule has 0 aliphatic carbocycles. The average Bonchev–Trinajstić information content (AvgIpc) is 2.79. The quantitative estimate of drug-likeness (QED) is 0.835. The van der Waals surface area contributed by atoms with Gasteiger partial charge in [0.05, 0.1) is 18.5 Å². The predicted octanol–water partition coefficient (Wildman–Crippen LogP) is 1.12. The van der Waals surface area contributed by atoms with Crippen LogP contribution in [0.5, 0.6) is 5.75 Å². The van der Waals surface area contributed by atoms with Crippen molar-refractivity contribution in [2.24, 2.45) is 5.73 Å². The van der Waals surface area contributed by atoms with Gasteiger partial charge in [-0.3, -0.25) is 0 Å². The number of benzene rings is 1. The number of hydrogen-bond donors (Lipinski definition) is 1. The molecule has 1 aromatic carbocycles. The third-order valence-electron chi connectivity index (χ3n) is 2.16. The highest BCUT2D eigenvalue weighted by Crippen LogP contribution is 2.21. The van der Waals surface area contributed by atoms with Gasteiger partial charge in [0, 0.05) is 6.54 Å². The first kappa shape index (κ1) is 10.6. The van der Waals surface area contributed by atoms with E-state index in [0.29, 0.717) is 13.2 Å². The van der Waals surface area contributed by atoms with Gasteiger partial charge in [0.2, 0.25) is 0 Å². The van der Waals surface area contributed by atoms with Crippen LogP contribution >= 0.6 is 0 Å². The maximum absolute atomic E-state index is 5.51. The summed E-state index contributed by atoms with van der Waals surface area (Å²) in [4.78, 5) is 0. The highest BCUT2D eigenvalue weighted by molar-refractivity contribution is 5.45. The van der Waals surface area contributed by atoms with Crippen molar-refractivity contribution in [3.8, 4) is 11.4 Å². The van der Waals surface area contributed by atoms with Crippen LogP contribution in [0.25, 0.3) is 5.69 Å². The van der Waals surface area contributed by atoms with Crippen LogP contribution in [0.15, 0.2) is 30.5 Å². The largest absolute Gasteiger partial charge is 0.492 e. The Hall–Kier alpha value is -1.88. The van der Waals surface area contributed by atoms with Crippen LogP contribution in [0.2, 0.25) is 0 Å². The minimum atomic E-state index is 0.386. The summed E-state index contributed by atoms with van der Waals surface area (Å²) in [6.45, 7) is 2.95. The van der Waals surface area contributed by atoms with Gasteiger partial charge in [-0.2, -0.15) is 0 Å². The van der Waals surface area contributed by atoms with Gasteiger partial charge in [0.15, 0.2) is 0 Å². The Morgan fingerprint density at radius 1 is 1.38 bits per heavy atom. The second-order valence-electron chi connectivity index (χ2n) is 3.26. The Kier molecular flexibility index (Phi) is 3.16. The van der Waals surface area contributed by atoms with Crippen LogP contribution in [0.1, 0.15) is 12.6 Å². The number of rotatable bonds is 4. The molecule has 0 bridgehead atoms. The van der Waals surface area contributed by atoms with Gasteiger partial charge in [-0.15, -0.1) is 5.10 Å². The molecule has 0 atom stereocenters. The normalized spacial score (nSPS) is 10.4. The molecule has 2 rings (SSSR count). The average molecular weight is 218 g/mol. The molecule has 0 aliphatic rings. The molecule has 84 valence electrons. The van der Waals surface area contributed by atoms with E-state index < -0.39 is 0 Å². The summed E-state index contributed by atoms with van der Waals surface area (Å²) in [5, 5.41) is 7.95. The van der Waals surface area contributed by atoms with Gasteiger partial charge in [-0.25, -0.2) is 4.68 Å². The first-order chi connectivity index (χ1) is 7.85. The Morgan fingerprint density at radius 3 is 2.88 bits per heavy atom. The van der Waals surface area contributed by atoms with Gasteiger partial charge < -0.3 is 10.5 Å².